The van der Waals surface area contributed by atoms with Gasteiger partial charge >= 0.3 is 0 Å². The Hall–Kier alpha value is -4.05. The van der Waals surface area contributed by atoms with Crippen LogP contribution >= 0.6 is 11.3 Å². The number of nitrogens with zero attached hydrogens (tertiary/aromatic N) is 5. The number of benzene rings is 1. The molecule has 0 aliphatic carbocycles. The lowest BCUT2D eigenvalue weighted by Crippen LogP contribution is -2.10. The fraction of sp³-hybridized carbons (Fsp3) is 0.0500. The van der Waals surface area contributed by atoms with Gasteiger partial charge in [0.2, 0.25) is 11.4 Å². The number of carbonyl (C=O) groups is 1. The molecular weight excluding hydrogens is 404 g/mol. The number of aryl methyl sites for hydroxylation is 1. The van der Waals surface area contributed by atoms with Crippen molar-refractivity contribution in [1.82, 2.24) is 24.7 Å². The van der Waals surface area contributed by atoms with E-state index < -0.39 is 0 Å². The fourth-order valence-electron chi connectivity index (χ4n) is 2.82. The van der Waals surface area contributed by atoms with Gasteiger partial charge in [-0.15, -0.1) is 21.5 Å². The molecule has 148 valence electrons. The second kappa shape index (κ2) is 7.41. The van der Waals surface area contributed by atoms with Crippen LogP contribution in [-0.4, -0.2) is 30.6 Å². The Balaban J connectivity index is 1.28. The lowest BCUT2D eigenvalue weighted by molar-refractivity contribution is 0.0988. The van der Waals surface area contributed by atoms with Crippen molar-refractivity contribution in [3.05, 3.63) is 71.8 Å². The van der Waals surface area contributed by atoms with Crippen LogP contribution in [0.2, 0.25) is 0 Å². The van der Waals surface area contributed by atoms with E-state index in [1.54, 1.807) is 47.1 Å². The third-order valence-electron chi connectivity index (χ3n) is 4.30. The molecule has 0 radical (unpaired) electrons. The van der Waals surface area contributed by atoms with Crippen molar-refractivity contribution in [2.24, 2.45) is 0 Å². The molecule has 5 aromatic rings. The molecule has 4 aromatic heterocycles. The zero-order chi connectivity index (χ0) is 20.5. The minimum Gasteiger partial charge on any atom is -0.436 e. The average molecular weight is 418 g/mol. The van der Waals surface area contributed by atoms with Crippen molar-refractivity contribution >= 4 is 28.6 Å². The monoisotopic (exact) mass is 418 g/mol. The van der Waals surface area contributed by atoms with Crippen molar-refractivity contribution in [3.8, 4) is 22.2 Å². The van der Waals surface area contributed by atoms with Gasteiger partial charge in [0.25, 0.3) is 11.8 Å². The minimum absolute atomic E-state index is 0.136. The molecule has 4 heterocycles. The Kier molecular flexibility index (Phi) is 4.45. The van der Waals surface area contributed by atoms with E-state index in [0.29, 0.717) is 28.7 Å². The molecule has 0 saturated heterocycles. The molecule has 0 saturated carbocycles. The van der Waals surface area contributed by atoms with Crippen molar-refractivity contribution in [2.75, 3.05) is 5.32 Å². The first kappa shape index (κ1) is 18.0. The zero-order valence-corrected chi connectivity index (χ0v) is 16.5. The molecule has 10 heteroatoms. The first-order valence-electron chi connectivity index (χ1n) is 8.93. The van der Waals surface area contributed by atoms with Crippen LogP contribution in [0.3, 0.4) is 0 Å². The largest absolute Gasteiger partial charge is 0.436 e. The predicted octanol–water partition coefficient (Wildman–Crippen LogP) is 4.19. The number of hydrogen-bond acceptors (Lipinski definition) is 8. The number of amides is 1. The van der Waals surface area contributed by atoms with E-state index in [-0.39, 0.29) is 11.7 Å². The summed E-state index contributed by atoms with van der Waals surface area (Å²) in [6, 6.07) is 12.3. The van der Waals surface area contributed by atoms with Gasteiger partial charge in [0.05, 0.1) is 4.88 Å². The maximum atomic E-state index is 12.4. The Bertz CT molecular complexity index is 1320. The number of fused-ring (bicyclic) bond motifs is 1. The first-order chi connectivity index (χ1) is 14.7. The summed E-state index contributed by atoms with van der Waals surface area (Å²) in [5.74, 6) is 1.39. The lowest BCUT2D eigenvalue weighted by Gasteiger charge is -2.07. The van der Waals surface area contributed by atoms with Gasteiger partial charge in [-0.1, -0.05) is 11.2 Å². The summed E-state index contributed by atoms with van der Waals surface area (Å²) >= 11 is 1.53. The van der Waals surface area contributed by atoms with Crippen LogP contribution in [0.25, 0.3) is 16.2 Å². The van der Waals surface area contributed by atoms with Crippen LogP contribution in [0, 0.1) is 6.92 Å². The number of carbonyl (C=O) groups excluding carboxylic acids is 1. The molecule has 1 aromatic carbocycles. The van der Waals surface area contributed by atoms with Gasteiger partial charge in [-0.3, -0.25) is 9.20 Å². The molecule has 0 fully saturated rings. The second-order valence-corrected chi connectivity index (χ2v) is 7.26. The van der Waals surface area contributed by atoms with E-state index in [9.17, 15) is 4.79 Å². The number of thiophene rings is 1. The molecule has 0 spiro atoms. The van der Waals surface area contributed by atoms with Gasteiger partial charge in [0.1, 0.15) is 17.3 Å². The summed E-state index contributed by atoms with van der Waals surface area (Å²) in [4.78, 5) is 17.6. The molecule has 1 N–H and O–H groups in total. The van der Waals surface area contributed by atoms with Gasteiger partial charge in [-0.05, 0) is 42.6 Å². The maximum Gasteiger partial charge on any atom is 0.294 e. The van der Waals surface area contributed by atoms with Gasteiger partial charge in [0.15, 0.2) is 0 Å². The van der Waals surface area contributed by atoms with Gasteiger partial charge < -0.3 is 14.6 Å². The minimum atomic E-state index is -0.385. The molecule has 30 heavy (non-hydrogen) atoms. The molecule has 0 atom stereocenters. The van der Waals surface area contributed by atoms with E-state index in [4.69, 9.17) is 9.26 Å². The molecular formula is C20H14N6O3S. The summed E-state index contributed by atoms with van der Waals surface area (Å²) < 4.78 is 12.8. The zero-order valence-electron chi connectivity index (χ0n) is 15.6. The highest BCUT2D eigenvalue weighted by atomic mass is 32.1. The highest BCUT2D eigenvalue weighted by molar-refractivity contribution is 7.13. The smallest absolute Gasteiger partial charge is 0.294 e. The lowest BCUT2D eigenvalue weighted by atomic mass is 10.2. The van der Waals surface area contributed by atoms with E-state index in [2.05, 4.69) is 25.7 Å². The van der Waals surface area contributed by atoms with E-state index in [1.807, 2.05) is 24.4 Å². The molecule has 0 aliphatic rings. The van der Waals surface area contributed by atoms with Gasteiger partial charge in [0, 0.05) is 24.1 Å². The molecule has 1 amide bonds. The SMILES string of the molecule is Cc1nnc2c(Oc3ccc(NC(=O)c4cc(-c5cccs5)no4)cc3)nccn12. The van der Waals surface area contributed by atoms with Crippen LogP contribution in [0.5, 0.6) is 11.6 Å². The van der Waals surface area contributed by atoms with Crippen LogP contribution in [0.15, 0.2) is 64.8 Å². The van der Waals surface area contributed by atoms with Crippen LogP contribution in [0.4, 0.5) is 5.69 Å². The number of rotatable bonds is 5. The predicted molar refractivity (Wildman–Crippen MR) is 110 cm³/mol. The summed E-state index contributed by atoms with van der Waals surface area (Å²) in [5, 5.41) is 16.8. The maximum absolute atomic E-state index is 12.4. The van der Waals surface area contributed by atoms with Gasteiger partial charge in [-0.2, -0.15) is 0 Å². The summed E-state index contributed by atoms with van der Waals surface area (Å²) in [6.45, 7) is 1.85. The molecule has 0 unspecified atom stereocenters. The summed E-state index contributed by atoms with van der Waals surface area (Å²) in [5.41, 5.74) is 1.74. The Morgan fingerprint density at radius 3 is 2.87 bits per heavy atom. The number of aromatic nitrogens is 5. The van der Waals surface area contributed by atoms with E-state index in [1.165, 1.54) is 11.3 Å². The van der Waals surface area contributed by atoms with Crippen LogP contribution < -0.4 is 10.1 Å². The average Bonchev–Trinajstić information content (AvgIpc) is 3.51. The van der Waals surface area contributed by atoms with Crippen molar-refractivity contribution in [1.29, 1.82) is 0 Å². The Morgan fingerprint density at radius 1 is 1.20 bits per heavy atom. The number of nitrogens with one attached hydrogen (secondary N) is 1. The quantitative estimate of drug-likeness (QED) is 0.456. The highest BCUT2D eigenvalue weighted by Gasteiger charge is 2.15. The molecule has 9 nitrogen and oxygen atoms in total. The highest BCUT2D eigenvalue weighted by Crippen LogP contribution is 2.26. The second-order valence-electron chi connectivity index (χ2n) is 6.31. The van der Waals surface area contributed by atoms with E-state index in [0.717, 1.165) is 10.7 Å². The Labute approximate surface area is 174 Å². The Morgan fingerprint density at radius 2 is 2.07 bits per heavy atom. The molecule has 0 aliphatic heterocycles. The van der Waals surface area contributed by atoms with E-state index >= 15 is 0 Å². The number of ether oxygens (including phenoxy) is 1. The summed E-state index contributed by atoms with van der Waals surface area (Å²) in [7, 11) is 0. The van der Waals surface area contributed by atoms with Crippen molar-refractivity contribution in [3.63, 3.8) is 0 Å². The van der Waals surface area contributed by atoms with Crippen molar-refractivity contribution < 1.29 is 14.1 Å². The number of anilines is 1. The summed E-state index contributed by atoms with van der Waals surface area (Å²) in [6.07, 6.45) is 3.39. The fourth-order valence-corrected chi connectivity index (χ4v) is 3.50. The van der Waals surface area contributed by atoms with Crippen LogP contribution in [0.1, 0.15) is 16.4 Å². The molecule has 5 rings (SSSR count). The first-order valence-corrected chi connectivity index (χ1v) is 9.81. The van der Waals surface area contributed by atoms with Crippen molar-refractivity contribution in [2.45, 2.75) is 6.92 Å². The van der Waals surface area contributed by atoms with Crippen LogP contribution in [-0.2, 0) is 0 Å². The standard InChI is InChI=1S/C20H14N6O3S/c1-12-23-24-18-20(21-8-9-26(12)18)28-14-6-4-13(5-7-14)22-19(27)16-11-15(25-29-16)17-3-2-10-30-17/h2-11H,1H3,(H,22,27). The third kappa shape index (κ3) is 3.40. The number of hydrogen-bond donors (Lipinski definition) is 1. The molecule has 0 bridgehead atoms. The topological polar surface area (TPSA) is 107 Å². The normalized spacial score (nSPS) is 11.0. The third-order valence-corrected chi connectivity index (χ3v) is 5.19. The van der Waals surface area contributed by atoms with Gasteiger partial charge in [-0.25, -0.2) is 4.98 Å².